The van der Waals surface area contributed by atoms with Gasteiger partial charge in [0.1, 0.15) is 42.6 Å². The first-order chi connectivity index (χ1) is 54.9. The van der Waals surface area contributed by atoms with Crippen molar-refractivity contribution >= 4 is 93.0 Å². The SMILES string of the molecule is CC[C@H](C)[C@@H]([C@@H](CC(=O)N1CCC[C@H]1[C@H](OC)[C@@H](C)C(=O)N[C@H](C)[C@@H](O)c1ccccc1)OC)N(C)C(=O)[C@@H](NC(=O)[C@H](C(C)C)N(C)C(=O)OCc1ccc(NC(=O)[C@H](C)NC(=O)[C@@H](NC(=O)CCOCCOCCNC(=O)[C@@H](N)CS(=O)(=O)O)C(C)C)c(O[C@@H]2O[C@H](C(=O)OC)[C@@H](OC(C)=O)[C@H](OC(C)=O)[C@H]2OC(C)=O)c1)C(C)C. The Hall–Kier alpha value is -9.22. The van der Waals surface area contributed by atoms with Gasteiger partial charge in [0, 0.05) is 68.6 Å². The smallest absolute Gasteiger partial charge is 0.410 e. The van der Waals surface area contributed by atoms with E-state index in [1.807, 2.05) is 19.9 Å². The standard InChI is InChI=1S/C78H122N10O28S/c1-20-44(8)63(57(106-17)38-59(93)88-32-24-27-55(88)65(107-18)45(9)70(95)81-46(10)64(94)52-25-22-21-23-26-52)86(15)75(100)61(42(4)5)85-74(99)62(43(6)7)87(16)78(102)111-39-51-28-29-54(56(37-51)115-77-69(114-50(14)91)67(113-49(13)90)66(112-48(12)89)68(116-77)76(101)108-19)83-71(96)47(11)82-73(98)60(41(2)3)84-58(92)30-33-109-35-36-110-34-31-80-72(97)53(79)40-117(103,104)105/h21-23,25-26,28-29,37,41-47,53,55,57,60-69,77,94H,20,24,27,30-36,38-40,79H2,1-19H3,(H,80,97)(H,81,95)(H,82,98)(H,83,96)(H,84,92)(H,85,99)(H,103,104,105)/t44-,45+,46+,47-,53-,55-,57+,60-,61-,62-,63-,64+,65+,66-,67-,68-,69+,77+/m0/s1. The number of carbonyl (C=O) groups excluding carboxylic acids is 13. The number of nitrogens with one attached hydrogen (secondary N) is 6. The minimum atomic E-state index is -4.47. The summed E-state index contributed by atoms with van der Waals surface area (Å²) in [7, 11) is 2.33. The van der Waals surface area contributed by atoms with Crippen LogP contribution in [0.3, 0.4) is 0 Å². The van der Waals surface area contributed by atoms with E-state index in [4.69, 9.17) is 62.4 Å². The fourth-order valence-electron chi connectivity index (χ4n) is 13.7. The minimum Gasteiger partial charge on any atom is -0.467 e. The number of amides is 9. The molecule has 117 heavy (non-hydrogen) atoms. The normalized spacial score (nSPS) is 19.9. The molecular formula is C78H122N10O28S. The van der Waals surface area contributed by atoms with Crippen LogP contribution in [0, 0.1) is 29.6 Å². The summed E-state index contributed by atoms with van der Waals surface area (Å²) in [5.41, 5.74) is 5.99. The number of aliphatic hydroxyl groups excluding tert-OH is 1. The van der Waals surface area contributed by atoms with Gasteiger partial charge in [0.2, 0.25) is 59.7 Å². The highest BCUT2D eigenvalue weighted by Crippen LogP contribution is 2.36. The van der Waals surface area contributed by atoms with Gasteiger partial charge < -0.3 is 105 Å². The zero-order chi connectivity index (χ0) is 88.0. The Bertz CT molecular complexity index is 3780. The number of carbonyl (C=O) groups is 13. The van der Waals surface area contributed by atoms with Crippen LogP contribution in [0.4, 0.5) is 10.5 Å². The lowest BCUT2D eigenvalue weighted by Gasteiger charge is -2.43. The second-order valence-corrected chi connectivity index (χ2v) is 31.6. The van der Waals surface area contributed by atoms with Crippen LogP contribution in [0.15, 0.2) is 48.5 Å². The molecule has 2 fully saturated rings. The van der Waals surface area contributed by atoms with Crippen molar-refractivity contribution in [2.24, 2.45) is 35.3 Å². The van der Waals surface area contributed by atoms with E-state index in [1.54, 1.807) is 91.6 Å². The number of likely N-dealkylation sites (N-methyl/N-ethyl adjacent to an activating group) is 2. The van der Waals surface area contributed by atoms with Gasteiger partial charge >= 0.3 is 30.0 Å². The van der Waals surface area contributed by atoms with Crippen molar-refractivity contribution < 1.29 is 133 Å². The van der Waals surface area contributed by atoms with E-state index < -0.39 is 209 Å². The third kappa shape index (κ3) is 30.6. The predicted octanol–water partition coefficient (Wildman–Crippen LogP) is 1.99. The monoisotopic (exact) mass is 1680 g/mol. The lowest BCUT2D eigenvalue weighted by atomic mass is 9.89. The summed E-state index contributed by atoms with van der Waals surface area (Å²) in [6.45, 7) is 21.3. The first-order valence-corrected chi connectivity index (χ1v) is 40.5. The highest BCUT2D eigenvalue weighted by Gasteiger charge is 2.56. The van der Waals surface area contributed by atoms with Crippen LogP contribution in [0.25, 0.3) is 0 Å². The third-order valence-electron chi connectivity index (χ3n) is 20.0. The molecule has 38 nitrogen and oxygen atoms in total. The number of ether oxygens (including phenoxy) is 11. The molecule has 4 rings (SSSR count). The number of benzene rings is 2. The van der Waals surface area contributed by atoms with E-state index in [-0.39, 0.29) is 80.5 Å². The molecule has 2 aliphatic rings. The lowest BCUT2D eigenvalue weighted by molar-refractivity contribution is -0.282. The Labute approximate surface area is 683 Å². The minimum absolute atomic E-state index is 0.00992. The van der Waals surface area contributed by atoms with Crippen molar-refractivity contribution in [3.05, 3.63) is 59.7 Å². The van der Waals surface area contributed by atoms with Gasteiger partial charge in [0.25, 0.3) is 10.1 Å². The van der Waals surface area contributed by atoms with E-state index >= 15 is 4.79 Å². The van der Waals surface area contributed by atoms with Crippen LogP contribution in [0.5, 0.6) is 5.75 Å². The van der Waals surface area contributed by atoms with Crippen molar-refractivity contribution in [2.45, 2.75) is 233 Å². The molecule has 0 spiro atoms. The highest BCUT2D eigenvalue weighted by atomic mass is 32.2. The molecule has 2 aromatic carbocycles. The molecular weight excluding hydrogens is 1560 g/mol. The molecule has 0 aliphatic carbocycles. The summed E-state index contributed by atoms with van der Waals surface area (Å²) in [4.78, 5) is 182. The summed E-state index contributed by atoms with van der Waals surface area (Å²) in [6, 6.07) is 4.41. The van der Waals surface area contributed by atoms with E-state index in [0.717, 1.165) is 32.8 Å². The maximum Gasteiger partial charge on any atom is 0.410 e. The number of aliphatic hydroxyl groups is 1. The van der Waals surface area contributed by atoms with Gasteiger partial charge in [-0.25, -0.2) is 9.59 Å². The van der Waals surface area contributed by atoms with Crippen molar-refractivity contribution in [1.29, 1.82) is 0 Å². The summed E-state index contributed by atoms with van der Waals surface area (Å²) in [5, 5.41) is 27.0. The average Bonchev–Trinajstić information content (AvgIpc) is 1.28. The Morgan fingerprint density at radius 2 is 1.29 bits per heavy atom. The Balaban J connectivity index is 1.58. The van der Waals surface area contributed by atoms with Gasteiger partial charge in [-0.05, 0) is 73.6 Å². The highest BCUT2D eigenvalue weighted by molar-refractivity contribution is 7.85. The first-order valence-electron chi connectivity index (χ1n) is 38.9. The number of esters is 4. The molecule has 0 aromatic heterocycles. The molecule has 0 bridgehead atoms. The molecule has 658 valence electrons. The van der Waals surface area contributed by atoms with Crippen LogP contribution < -0.4 is 42.4 Å². The molecule has 39 heteroatoms. The van der Waals surface area contributed by atoms with Crippen LogP contribution in [-0.2, 0) is 122 Å². The van der Waals surface area contributed by atoms with E-state index in [0.29, 0.717) is 31.4 Å². The zero-order valence-electron chi connectivity index (χ0n) is 70.3. The fraction of sp³-hybridized carbons (Fsp3) is 0.679. The summed E-state index contributed by atoms with van der Waals surface area (Å²) in [5.74, 6) is -13.2. The quantitative estimate of drug-likeness (QED) is 0.0198. The van der Waals surface area contributed by atoms with Gasteiger partial charge in [-0.2, -0.15) is 8.42 Å². The van der Waals surface area contributed by atoms with Crippen LogP contribution in [-0.4, -0.2) is 282 Å². The number of likely N-dealkylation sites (tertiary alicyclic amines) is 1. The molecule has 2 heterocycles. The van der Waals surface area contributed by atoms with Crippen molar-refractivity contribution in [3.8, 4) is 5.75 Å². The van der Waals surface area contributed by atoms with Gasteiger partial charge in [0.05, 0.1) is 93.8 Å². The molecule has 0 radical (unpaired) electrons. The van der Waals surface area contributed by atoms with E-state index in [2.05, 4.69) is 31.9 Å². The van der Waals surface area contributed by atoms with Gasteiger partial charge in [-0.1, -0.05) is 105 Å². The number of hydrogen-bond acceptors (Lipinski definition) is 28. The van der Waals surface area contributed by atoms with E-state index in [9.17, 15) is 71.1 Å². The van der Waals surface area contributed by atoms with Crippen molar-refractivity contribution in [3.63, 3.8) is 0 Å². The lowest BCUT2D eigenvalue weighted by Crippen LogP contribution is -2.64. The fourth-order valence-corrected chi connectivity index (χ4v) is 14.3. The van der Waals surface area contributed by atoms with Gasteiger partial charge in [-0.3, -0.25) is 62.2 Å². The summed E-state index contributed by atoms with van der Waals surface area (Å²) >= 11 is 0. The van der Waals surface area contributed by atoms with E-state index in [1.165, 1.54) is 51.3 Å². The molecule has 10 N–H and O–H groups in total. The maximum absolute atomic E-state index is 15.1. The summed E-state index contributed by atoms with van der Waals surface area (Å²) in [6.07, 6.45) is -11.7. The number of nitrogens with zero attached hydrogens (tertiary/aromatic N) is 3. The first kappa shape index (κ1) is 100. The van der Waals surface area contributed by atoms with Crippen LogP contribution >= 0.6 is 0 Å². The molecule has 2 aliphatic heterocycles. The largest absolute Gasteiger partial charge is 0.467 e. The maximum atomic E-state index is 15.1. The second-order valence-electron chi connectivity index (χ2n) is 30.1. The number of rotatable bonds is 46. The molecule has 18 atom stereocenters. The Morgan fingerprint density at radius 3 is 1.85 bits per heavy atom. The molecule has 2 saturated heterocycles. The number of hydrogen-bond donors (Lipinski definition) is 9. The zero-order valence-corrected chi connectivity index (χ0v) is 71.1. The number of anilines is 1. The number of methoxy groups -OCH3 is 3. The second kappa shape index (κ2) is 48.0. The van der Waals surface area contributed by atoms with Gasteiger partial charge in [-0.15, -0.1) is 0 Å². The average molecular weight is 1680 g/mol. The van der Waals surface area contributed by atoms with Crippen LogP contribution in [0.2, 0.25) is 0 Å². The molecule has 0 saturated carbocycles. The van der Waals surface area contributed by atoms with Crippen molar-refractivity contribution in [1.82, 2.24) is 41.3 Å². The molecule has 9 amide bonds. The van der Waals surface area contributed by atoms with Crippen LogP contribution in [0.1, 0.15) is 146 Å². The third-order valence-corrected chi connectivity index (χ3v) is 20.7. The number of nitrogens with two attached hydrogens (primary N) is 1. The Morgan fingerprint density at radius 1 is 0.684 bits per heavy atom. The topological polar surface area (TPSA) is 506 Å². The van der Waals surface area contributed by atoms with Gasteiger partial charge in [0.15, 0.2) is 18.3 Å². The summed E-state index contributed by atoms with van der Waals surface area (Å²) < 4.78 is 93.6. The Kier molecular flexibility index (Phi) is 41.1. The molecule has 0 unspecified atom stereocenters. The predicted molar refractivity (Wildman–Crippen MR) is 420 cm³/mol. The molecule has 2 aromatic rings. The van der Waals surface area contributed by atoms with Crippen molar-refractivity contribution in [2.75, 3.05) is 86.0 Å².